The first-order valence-electron chi connectivity index (χ1n) is 8.50. The number of hydrogen-bond donors (Lipinski definition) is 2. The Labute approximate surface area is 148 Å². The molecule has 0 saturated carbocycles. The number of pyridine rings is 1. The molecule has 1 fully saturated rings. The van der Waals surface area contributed by atoms with E-state index in [0.29, 0.717) is 6.04 Å². The van der Waals surface area contributed by atoms with Crippen LogP contribution in [0.4, 0.5) is 5.82 Å². The highest BCUT2D eigenvalue weighted by molar-refractivity contribution is 5.85. The number of anilines is 1. The molecule has 1 aromatic heterocycles. The largest absolute Gasteiger partial charge is 0.478 e. The molecule has 0 radical (unpaired) electrons. The van der Waals surface area contributed by atoms with Crippen LogP contribution in [0, 0.1) is 6.92 Å². The smallest absolute Gasteiger partial charge is 0.328 e. The van der Waals surface area contributed by atoms with Crippen LogP contribution in [0.1, 0.15) is 23.1 Å². The molecule has 3 rings (SSSR count). The van der Waals surface area contributed by atoms with Crippen LogP contribution in [0.3, 0.4) is 0 Å². The first-order chi connectivity index (χ1) is 12.1. The van der Waals surface area contributed by atoms with Crippen molar-refractivity contribution >= 4 is 17.9 Å². The number of hydrogen-bond acceptors (Lipinski definition) is 4. The van der Waals surface area contributed by atoms with E-state index in [9.17, 15) is 4.79 Å². The predicted octanol–water partition coefficient (Wildman–Crippen LogP) is 3.17. The standard InChI is InChI=1S/C20H23N3O2/c1-15-11-17(7-8-19(24)25)12-21-20(15)22-18-9-10-23(14-18)13-16-5-3-2-4-6-16/h2-8,11-12,18H,9-10,13-14H2,1H3,(H,21,22)(H,24,25)/b8-7+/t18-/m1/s1. The summed E-state index contributed by atoms with van der Waals surface area (Å²) >= 11 is 0. The van der Waals surface area contributed by atoms with Gasteiger partial charge in [0, 0.05) is 37.9 Å². The van der Waals surface area contributed by atoms with E-state index in [1.54, 1.807) is 12.3 Å². The molecule has 0 aliphatic carbocycles. The van der Waals surface area contributed by atoms with Crippen LogP contribution in [0.25, 0.3) is 6.08 Å². The van der Waals surface area contributed by atoms with Crippen molar-refractivity contribution in [3.05, 3.63) is 65.4 Å². The van der Waals surface area contributed by atoms with E-state index in [1.165, 1.54) is 5.56 Å². The van der Waals surface area contributed by atoms with Crippen molar-refractivity contribution in [2.45, 2.75) is 25.9 Å². The molecule has 0 unspecified atom stereocenters. The molecule has 2 heterocycles. The molecule has 2 aromatic rings. The van der Waals surface area contributed by atoms with Crippen molar-refractivity contribution in [2.75, 3.05) is 18.4 Å². The fourth-order valence-electron chi connectivity index (χ4n) is 3.14. The van der Waals surface area contributed by atoms with Crippen LogP contribution < -0.4 is 5.32 Å². The number of likely N-dealkylation sites (tertiary alicyclic amines) is 1. The van der Waals surface area contributed by atoms with Gasteiger partial charge in [-0.25, -0.2) is 9.78 Å². The third-order valence-electron chi connectivity index (χ3n) is 4.38. The van der Waals surface area contributed by atoms with E-state index in [-0.39, 0.29) is 0 Å². The van der Waals surface area contributed by atoms with Gasteiger partial charge in [0.15, 0.2) is 0 Å². The third-order valence-corrected chi connectivity index (χ3v) is 4.38. The van der Waals surface area contributed by atoms with E-state index in [0.717, 1.165) is 49.1 Å². The van der Waals surface area contributed by atoms with Gasteiger partial charge in [0.05, 0.1) is 0 Å². The number of benzene rings is 1. The lowest BCUT2D eigenvalue weighted by Crippen LogP contribution is -2.26. The number of rotatable bonds is 6. The van der Waals surface area contributed by atoms with Crippen LogP contribution in [0.15, 0.2) is 48.7 Å². The second-order valence-electron chi connectivity index (χ2n) is 6.46. The molecule has 5 heteroatoms. The second-order valence-corrected chi connectivity index (χ2v) is 6.46. The maximum absolute atomic E-state index is 10.6. The quantitative estimate of drug-likeness (QED) is 0.793. The average Bonchev–Trinajstić information content (AvgIpc) is 3.03. The molecule has 0 bridgehead atoms. The van der Waals surface area contributed by atoms with Gasteiger partial charge in [-0.15, -0.1) is 0 Å². The number of nitrogens with zero attached hydrogens (tertiary/aromatic N) is 2. The molecule has 1 aromatic carbocycles. The summed E-state index contributed by atoms with van der Waals surface area (Å²) in [7, 11) is 0. The molecule has 130 valence electrons. The molecule has 1 aliphatic rings. The molecule has 1 atom stereocenters. The Bertz CT molecular complexity index is 759. The normalized spacial score (nSPS) is 17.9. The van der Waals surface area contributed by atoms with E-state index in [4.69, 9.17) is 5.11 Å². The zero-order valence-corrected chi connectivity index (χ0v) is 14.4. The van der Waals surface area contributed by atoms with Crippen molar-refractivity contribution in [1.29, 1.82) is 0 Å². The lowest BCUT2D eigenvalue weighted by molar-refractivity contribution is -0.131. The summed E-state index contributed by atoms with van der Waals surface area (Å²) in [5.41, 5.74) is 3.16. The van der Waals surface area contributed by atoms with Crippen molar-refractivity contribution in [2.24, 2.45) is 0 Å². The van der Waals surface area contributed by atoms with Crippen molar-refractivity contribution in [3.8, 4) is 0 Å². The number of carboxylic acid groups (broad SMARTS) is 1. The predicted molar refractivity (Wildman–Crippen MR) is 99.4 cm³/mol. The minimum absolute atomic E-state index is 0.385. The van der Waals surface area contributed by atoms with Crippen molar-refractivity contribution in [3.63, 3.8) is 0 Å². The molecule has 5 nitrogen and oxygen atoms in total. The first kappa shape index (κ1) is 17.2. The van der Waals surface area contributed by atoms with Crippen molar-refractivity contribution in [1.82, 2.24) is 9.88 Å². The highest BCUT2D eigenvalue weighted by Gasteiger charge is 2.22. The topological polar surface area (TPSA) is 65.5 Å². The van der Waals surface area contributed by atoms with E-state index < -0.39 is 5.97 Å². The van der Waals surface area contributed by atoms with Crippen LogP contribution in [-0.4, -0.2) is 40.1 Å². The molecular weight excluding hydrogens is 314 g/mol. The molecule has 2 N–H and O–H groups in total. The fraction of sp³-hybridized carbons (Fsp3) is 0.300. The Morgan fingerprint density at radius 3 is 2.92 bits per heavy atom. The summed E-state index contributed by atoms with van der Waals surface area (Å²) in [6, 6.07) is 12.9. The van der Waals surface area contributed by atoms with Gasteiger partial charge < -0.3 is 10.4 Å². The van der Waals surface area contributed by atoms with Crippen LogP contribution in [0.2, 0.25) is 0 Å². The highest BCUT2D eigenvalue weighted by atomic mass is 16.4. The van der Waals surface area contributed by atoms with Gasteiger partial charge in [-0.3, -0.25) is 4.90 Å². The number of carboxylic acids is 1. The van der Waals surface area contributed by atoms with E-state index in [2.05, 4.69) is 39.5 Å². The second kappa shape index (κ2) is 7.94. The maximum Gasteiger partial charge on any atom is 0.328 e. The molecule has 1 saturated heterocycles. The van der Waals surface area contributed by atoms with Gasteiger partial charge >= 0.3 is 5.97 Å². The summed E-state index contributed by atoms with van der Waals surface area (Å²) in [5, 5.41) is 12.2. The Balaban J connectivity index is 1.57. The Kier molecular flexibility index (Phi) is 5.46. The van der Waals surface area contributed by atoms with Crippen LogP contribution in [-0.2, 0) is 11.3 Å². The van der Waals surface area contributed by atoms with Gasteiger partial charge in [0.2, 0.25) is 0 Å². The Morgan fingerprint density at radius 2 is 2.20 bits per heavy atom. The van der Waals surface area contributed by atoms with Crippen LogP contribution in [0.5, 0.6) is 0 Å². The maximum atomic E-state index is 10.6. The number of aliphatic carboxylic acids is 1. The van der Waals surface area contributed by atoms with Crippen LogP contribution >= 0.6 is 0 Å². The van der Waals surface area contributed by atoms with Gasteiger partial charge in [-0.05, 0) is 42.2 Å². The third kappa shape index (κ3) is 4.90. The average molecular weight is 337 g/mol. The zero-order chi connectivity index (χ0) is 17.6. The van der Waals surface area contributed by atoms with Gasteiger partial charge in [-0.1, -0.05) is 30.3 Å². The highest BCUT2D eigenvalue weighted by Crippen LogP contribution is 2.20. The molecule has 1 aliphatic heterocycles. The Morgan fingerprint density at radius 1 is 1.40 bits per heavy atom. The molecule has 0 amide bonds. The summed E-state index contributed by atoms with van der Waals surface area (Å²) in [6.45, 7) is 5.04. The lowest BCUT2D eigenvalue weighted by Gasteiger charge is -2.18. The van der Waals surface area contributed by atoms with E-state index in [1.807, 2.05) is 19.1 Å². The number of nitrogens with one attached hydrogen (secondary N) is 1. The van der Waals surface area contributed by atoms with Gasteiger partial charge in [0.25, 0.3) is 0 Å². The molecule has 25 heavy (non-hydrogen) atoms. The zero-order valence-electron chi connectivity index (χ0n) is 14.4. The number of aromatic nitrogens is 1. The molecule has 0 spiro atoms. The minimum Gasteiger partial charge on any atom is -0.478 e. The summed E-state index contributed by atoms with van der Waals surface area (Å²) < 4.78 is 0. The van der Waals surface area contributed by atoms with Gasteiger partial charge in [-0.2, -0.15) is 0 Å². The summed E-state index contributed by atoms with van der Waals surface area (Å²) in [5.74, 6) is -0.0802. The first-order valence-corrected chi connectivity index (χ1v) is 8.50. The van der Waals surface area contributed by atoms with E-state index >= 15 is 0 Å². The molecular formula is C20H23N3O2. The van der Waals surface area contributed by atoms with Gasteiger partial charge in [0.1, 0.15) is 5.82 Å². The number of aryl methyl sites for hydroxylation is 1. The monoisotopic (exact) mass is 337 g/mol. The Hall–Kier alpha value is -2.66. The summed E-state index contributed by atoms with van der Waals surface area (Å²) in [6.07, 6.45) is 5.48. The summed E-state index contributed by atoms with van der Waals surface area (Å²) in [4.78, 5) is 17.5. The van der Waals surface area contributed by atoms with Crippen molar-refractivity contribution < 1.29 is 9.90 Å². The lowest BCUT2D eigenvalue weighted by atomic mass is 10.1. The number of carbonyl (C=O) groups is 1. The SMILES string of the molecule is Cc1cc(/C=C/C(=O)O)cnc1N[C@@H]1CCN(Cc2ccccc2)C1. The minimum atomic E-state index is -0.954. The fourth-order valence-corrected chi connectivity index (χ4v) is 3.14.